The molecule has 2 heterocycles. The number of anilines is 2. The van der Waals surface area contributed by atoms with Gasteiger partial charge < -0.3 is 10.6 Å². The molecule has 0 atom stereocenters. The van der Waals surface area contributed by atoms with E-state index in [9.17, 15) is 0 Å². The number of nitrogens with one attached hydrogen (secondary N) is 2. The Morgan fingerprint density at radius 3 is 1.33 bits per heavy atom. The number of hydrogen-bond donors (Lipinski definition) is 2. The molecule has 6 heteroatoms. The third kappa shape index (κ3) is 4.60. The van der Waals surface area contributed by atoms with Crippen molar-refractivity contribution in [3.8, 4) is 22.5 Å². The Labute approximate surface area is 176 Å². The summed E-state index contributed by atoms with van der Waals surface area (Å²) in [7, 11) is 0. The van der Waals surface area contributed by atoms with Crippen LogP contribution in [0.4, 0.5) is 11.6 Å². The first kappa shape index (κ1) is 19.5. The smallest absolute Gasteiger partial charge is 0.151 e. The topological polar surface area (TPSA) is 75.6 Å². The third-order valence-electron chi connectivity index (χ3n) is 4.82. The van der Waals surface area contributed by atoms with Crippen LogP contribution in [-0.2, 0) is 0 Å². The van der Waals surface area contributed by atoms with Crippen molar-refractivity contribution < 1.29 is 0 Å². The van der Waals surface area contributed by atoms with Crippen LogP contribution in [0, 0.1) is 13.8 Å². The molecule has 2 N–H and O–H groups in total. The van der Waals surface area contributed by atoms with Gasteiger partial charge in [-0.25, -0.2) is 0 Å². The van der Waals surface area contributed by atoms with Crippen molar-refractivity contribution in [2.75, 3.05) is 23.7 Å². The van der Waals surface area contributed by atoms with Crippen molar-refractivity contribution >= 4 is 11.6 Å². The zero-order valence-corrected chi connectivity index (χ0v) is 17.1. The van der Waals surface area contributed by atoms with Crippen LogP contribution in [-0.4, -0.2) is 33.5 Å². The van der Waals surface area contributed by atoms with E-state index in [0.29, 0.717) is 13.1 Å². The van der Waals surface area contributed by atoms with Gasteiger partial charge in [-0.15, -0.1) is 20.4 Å². The van der Waals surface area contributed by atoms with Gasteiger partial charge in [-0.2, -0.15) is 0 Å². The molecule has 0 fully saturated rings. The van der Waals surface area contributed by atoms with E-state index in [0.717, 1.165) is 45.3 Å². The van der Waals surface area contributed by atoms with E-state index in [2.05, 4.69) is 43.2 Å². The van der Waals surface area contributed by atoms with Crippen molar-refractivity contribution in [2.24, 2.45) is 0 Å². The maximum absolute atomic E-state index is 4.35. The fourth-order valence-corrected chi connectivity index (χ4v) is 3.18. The third-order valence-corrected chi connectivity index (χ3v) is 4.82. The van der Waals surface area contributed by atoms with E-state index < -0.39 is 0 Å². The monoisotopic (exact) mass is 396 g/mol. The molecule has 4 aromatic rings. The van der Waals surface area contributed by atoms with E-state index in [1.54, 1.807) is 0 Å². The van der Waals surface area contributed by atoms with Crippen LogP contribution in [0.25, 0.3) is 22.5 Å². The van der Waals surface area contributed by atoms with Gasteiger partial charge in [0.05, 0.1) is 11.4 Å². The van der Waals surface area contributed by atoms with Crippen molar-refractivity contribution in [1.82, 2.24) is 20.4 Å². The van der Waals surface area contributed by atoms with Crippen LogP contribution in [0.15, 0.2) is 72.8 Å². The molecule has 150 valence electrons. The van der Waals surface area contributed by atoms with Gasteiger partial charge in [0.2, 0.25) is 0 Å². The molecule has 4 rings (SSSR count). The van der Waals surface area contributed by atoms with Crippen molar-refractivity contribution in [1.29, 1.82) is 0 Å². The quantitative estimate of drug-likeness (QED) is 0.440. The van der Waals surface area contributed by atoms with Gasteiger partial charge in [-0.1, -0.05) is 60.7 Å². The number of hydrogen-bond acceptors (Lipinski definition) is 6. The average Bonchev–Trinajstić information content (AvgIpc) is 2.79. The molecule has 2 aromatic heterocycles. The fraction of sp³-hybridized carbons (Fsp3) is 0.167. The zero-order chi connectivity index (χ0) is 20.8. The van der Waals surface area contributed by atoms with Gasteiger partial charge in [0.15, 0.2) is 11.6 Å². The largest absolute Gasteiger partial charge is 0.367 e. The summed E-state index contributed by atoms with van der Waals surface area (Å²) in [4.78, 5) is 0. The Morgan fingerprint density at radius 1 is 0.567 bits per heavy atom. The minimum absolute atomic E-state index is 0.696. The van der Waals surface area contributed by atoms with E-state index in [1.807, 2.05) is 74.5 Å². The average molecular weight is 396 g/mol. The first-order valence-electron chi connectivity index (χ1n) is 9.98. The molecule has 0 amide bonds. The van der Waals surface area contributed by atoms with Gasteiger partial charge in [0, 0.05) is 24.2 Å². The Bertz CT molecular complexity index is 1020. The number of aryl methyl sites for hydroxylation is 2. The summed E-state index contributed by atoms with van der Waals surface area (Å²) < 4.78 is 0. The molecule has 0 saturated carbocycles. The maximum atomic E-state index is 4.35. The predicted octanol–water partition coefficient (Wildman–Crippen LogP) is 4.74. The highest BCUT2D eigenvalue weighted by Crippen LogP contribution is 2.21. The molecular weight excluding hydrogens is 372 g/mol. The molecule has 0 radical (unpaired) electrons. The fourth-order valence-electron chi connectivity index (χ4n) is 3.18. The summed E-state index contributed by atoms with van der Waals surface area (Å²) in [5, 5.41) is 24.0. The van der Waals surface area contributed by atoms with Crippen LogP contribution in [0.3, 0.4) is 0 Å². The molecule has 0 aliphatic rings. The predicted molar refractivity (Wildman–Crippen MR) is 121 cm³/mol. The number of rotatable bonds is 7. The second-order valence-electron chi connectivity index (χ2n) is 7.11. The zero-order valence-electron chi connectivity index (χ0n) is 17.1. The summed E-state index contributed by atoms with van der Waals surface area (Å²) in [5.74, 6) is 1.58. The van der Waals surface area contributed by atoms with Gasteiger partial charge >= 0.3 is 0 Å². The minimum atomic E-state index is 0.696. The molecule has 0 saturated heterocycles. The Kier molecular flexibility index (Phi) is 5.94. The Hall–Kier alpha value is -3.80. The highest BCUT2D eigenvalue weighted by Gasteiger charge is 2.07. The minimum Gasteiger partial charge on any atom is -0.367 e. The van der Waals surface area contributed by atoms with E-state index >= 15 is 0 Å². The SMILES string of the molecule is Cc1cc(-c2ccccc2)nnc1NCCNc1nnc(-c2ccccc2)cc1C. The highest BCUT2D eigenvalue weighted by molar-refractivity contribution is 5.62. The number of nitrogens with zero attached hydrogens (tertiary/aromatic N) is 4. The molecule has 0 bridgehead atoms. The number of benzene rings is 2. The van der Waals surface area contributed by atoms with Crippen LogP contribution in [0.5, 0.6) is 0 Å². The summed E-state index contributed by atoms with van der Waals surface area (Å²) in [6, 6.07) is 24.2. The van der Waals surface area contributed by atoms with Crippen LogP contribution in [0.2, 0.25) is 0 Å². The Morgan fingerprint density at radius 2 is 0.967 bits per heavy atom. The first-order chi connectivity index (χ1) is 14.7. The standard InChI is InChI=1S/C24H24N6/c1-17-15-21(19-9-5-3-6-10-19)27-29-23(17)25-13-14-26-24-18(2)16-22(28-30-24)20-11-7-4-8-12-20/h3-12,15-16H,13-14H2,1-2H3,(H,25,29)(H,26,30). The van der Waals surface area contributed by atoms with E-state index in [4.69, 9.17) is 0 Å². The Balaban J connectivity index is 1.33. The van der Waals surface area contributed by atoms with Crippen LogP contribution >= 0.6 is 0 Å². The lowest BCUT2D eigenvalue weighted by atomic mass is 10.1. The van der Waals surface area contributed by atoms with E-state index in [1.165, 1.54) is 0 Å². The van der Waals surface area contributed by atoms with E-state index in [-0.39, 0.29) is 0 Å². The second-order valence-corrected chi connectivity index (χ2v) is 7.11. The highest BCUT2D eigenvalue weighted by atomic mass is 15.2. The lowest BCUT2D eigenvalue weighted by Gasteiger charge is -2.11. The van der Waals surface area contributed by atoms with Crippen LogP contribution in [0.1, 0.15) is 11.1 Å². The summed E-state index contributed by atoms with van der Waals surface area (Å²) in [6.07, 6.45) is 0. The lowest BCUT2D eigenvalue weighted by molar-refractivity contribution is 0.960. The molecular formula is C24H24N6. The molecule has 0 spiro atoms. The van der Waals surface area contributed by atoms with Gasteiger partial charge in [-0.05, 0) is 37.1 Å². The van der Waals surface area contributed by atoms with Gasteiger partial charge in [0.25, 0.3) is 0 Å². The van der Waals surface area contributed by atoms with Crippen molar-refractivity contribution in [3.05, 3.63) is 83.9 Å². The normalized spacial score (nSPS) is 10.6. The van der Waals surface area contributed by atoms with Crippen molar-refractivity contribution in [2.45, 2.75) is 13.8 Å². The van der Waals surface area contributed by atoms with Gasteiger partial charge in [0.1, 0.15) is 0 Å². The summed E-state index contributed by atoms with van der Waals surface area (Å²) >= 11 is 0. The van der Waals surface area contributed by atoms with Gasteiger partial charge in [-0.3, -0.25) is 0 Å². The molecule has 0 aliphatic heterocycles. The summed E-state index contributed by atoms with van der Waals surface area (Å²) in [6.45, 7) is 5.47. The molecule has 0 aliphatic carbocycles. The van der Waals surface area contributed by atoms with Crippen LogP contribution < -0.4 is 10.6 Å². The van der Waals surface area contributed by atoms with Crippen molar-refractivity contribution in [3.63, 3.8) is 0 Å². The molecule has 2 aromatic carbocycles. The molecule has 6 nitrogen and oxygen atoms in total. The second kappa shape index (κ2) is 9.13. The first-order valence-corrected chi connectivity index (χ1v) is 9.98. The maximum Gasteiger partial charge on any atom is 0.151 e. The number of aromatic nitrogens is 4. The summed E-state index contributed by atoms with van der Waals surface area (Å²) in [5.41, 5.74) is 6.00. The molecule has 0 unspecified atom stereocenters. The molecule has 30 heavy (non-hydrogen) atoms. The lowest BCUT2D eigenvalue weighted by Crippen LogP contribution is -2.17.